The lowest BCUT2D eigenvalue weighted by Gasteiger charge is -2.28. The highest BCUT2D eigenvalue weighted by molar-refractivity contribution is 7.80. The Kier molecular flexibility index (Phi) is 7.43. The quantitative estimate of drug-likeness (QED) is 0.351. The van der Waals surface area contributed by atoms with Gasteiger partial charge in [0.2, 0.25) is 5.91 Å². The number of carbonyl (C=O) groups excluding carboxylic acids is 1. The van der Waals surface area contributed by atoms with E-state index in [-0.39, 0.29) is 18.0 Å². The molecule has 1 aliphatic carbocycles. The van der Waals surface area contributed by atoms with E-state index < -0.39 is 5.41 Å². The molecule has 5 rings (SSSR count). The second-order valence-electron chi connectivity index (χ2n) is 11.3. The van der Waals surface area contributed by atoms with Crippen LogP contribution < -0.4 is 20.3 Å². The number of rotatable bonds is 6. The van der Waals surface area contributed by atoms with Crippen molar-refractivity contribution in [3.8, 4) is 5.75 Å². The predicted octanol–water partition coefficient (Wildman–Crippen LogP) is 6.56. The molecule has 0 bridgehead atoms. The Morgan fingerprint density at radius 1 is 1.13 bits per heavy atom. The molecule has 2 N–H and O–H groups in total. The second kappa shape index (κ2) is 10.8. The number of carbonyl (C=O) groups is 1. The average Bonchev–Trinajstić information content (AvgIpc) is 3.54. The second-order valence-corrected chi connectivity index (χ2v) is 11.7. The van der Waals surface area contributed by atoms with Crippen molar-refractivity contribution < 1.29 is 9.53 Å². The zero-order valence-electron chi connectivity index (χ0n) is 22.6. The van der Waals surface area contributed by atoms with Gasteiger partial charge in [0.25, 0.3) is 0 Å². The molecule has 1 aliphatic heterocycles. The third-order valence-corrected chi connectivity index (χ3v) is 7.88. The Hall–Kier alpha value is -3.39. The first-order chi connectivity index (χ1) is 18.3. The summed E-state index contributed by atoms with van der Waals surface area (Å²) in [5, 5.41) is 7.17. The standard InChI is InChI=1S/C30H37N5O2S/c1-30(2,3)28(36)32-23-14-13-22(18-25(23)37-4)35-27(26(33-29(35)38)24-12-8-9-16-31-24)20-15-17-34(19-20)21-10-6-5-7-11-21/h8-9,12-19,21,26-27H,5-7,10-11H2,1-4H3,(H,32,36)(H,33,38). The molecule has 3 aromatic rings. The summed E-state index contributed by atoms with van der Waals surface area (Å²) in [6, 6.07) is 14.4. The van der Waals surface area contributed by atoms with Crippen molar-refractivity contribution in [2.75, 3.05) is 17.3 Å². The number of amides is 1. The van der Waals surface area contributed by atoms with Crippen molar-refractivity contribution in [2.24, 2.45) is 5.41 Å². The average molecular weight is 532 g/mol. The molecule has 2 aromatic heterocycles. The number of methoxy groups -OCH3 is 1. The van der Waals surface area contributed by atoms with Crippen LogP contribution in [0.2, 0.25) is 0 Å². The zero-order chi connectivity index (χ0) is 26.9. The first-order valence-corrected chi connectivity index (χ1v) is 13.8. The van der Waals surface area contributed by atoms with Crippen LogP contribution in [0.15, 0.2) is 61.1 Å². The third kappa shape index (κ3) is 5.27. The molecule has 3 heterocycles. The Morgan fingerprint density at radius 2 is 1.92 bits per heavy atom. The SMILES string of the molecule is COc1cc(N2C(=S)NC(c3ccccn3)C2c2ccn(C3CCCCC3)c2)ccc1NC(=O)C(C)(C)C. The van der Waals surface area contributed by atoms with E-state index in [1.54, 1.807) is 7.11 Å². The maximum absolute atomic E-state index is 12.6. The van der Waals surface area contributed by atoms with Crippen LogP contribution >= 0.6 is 12.2 Å². The first-order valence-electron chi connectivity index (χ1n) is 13.4. The number of nitrogens with zero attached hydrogens (tertiary/aromatic N) is 3. The van der Waals surface area contributed by atoms with Crippen molar-refractivity contribution in [3.63, 3.8) is 0 Å². The smallest absolute Gasteiger partial charge is 0.229 e. The summed E-state index contributed by atoms with van der Waals surface area (Å²) in [5.74, 6) is 0.516. The van der Waals surface area contributed by atoms with Gasteiger partial charge in [-0.2, -0.15) is 0 Å². The van der Waals surface area contributed by atoms with Gasteiger partial charge in [-0.25, -0.2) is 0 Å². The van der Waals surface area contributed by atoms with E-state index >= 15 is 0 Å². The van der Waals surface area contributed by atoms with Crippen LogP contribution in [0, 0.1) is 5.41 Å². The van der Waals surface area contributed by atoms with Crippen LogP contribution in [0.25, 0.3) is 0 Å². The number of nitrogens with one attached hydrogen (secondary N) is 2. The number of thiocarbonyl (C=S) groups is 1. The summed E-state index contributed by atoms with van der Waals surface area (Å²) in [7, 11) is 1.62. The van der Waals surface area contributed by atoms with Gasteiger partial charge >= 0.3 is 0 Å². The minimum Gasteiger partial charge on any atom is -0.494 e. The Balaban J connectivity index is 1.52. The molecule has 2 fully saturated rings. The number of ether oxygens (including phenoxy) is 1. The van der Waals surface area contributed by atoms with E-state index in [0.29, 0.717) is 22.6 Å². The molecular formula is C30H37N5O2S. The molecule has 7 nitrogen and oxygen atoms in total. The molecule has 1 aromatic carbocycles. The van der Waals surface area contributed by atoms with Gasteiger partial charge < -0.3 is 24.8 Å². The molecule has 2 aliphatic rings. The molecule has 8 heteroatoms. The van der Waals surface area contributed by atoms with E-state index in [9.17, 15) is 4.79 Å². The molecule has 1 saturated carbocycles. The fourth-order valence-corrected chi connectivity index (χ4v) is 5.77. The largest absolute Gasteiger partial charge is 0.494 e. The van der Waals surface area contributed by atoms with Crippen LogP contribution in [-0.4, -0.2) is 27.7 Å². The lowest BCUT2D eigenvalue weighted by molar-refractivity contribution is -0.123. The molecule has 38 heavy (non-hydrogen) atoms. The summed E-state index contributed by atoms with van der Waals surface area (Å²) in [5.41, 5.74) is 3.13. The van der Waals surface area contributed by atoms with Gasteiger partial charge in [-0.1, -0.05) is 46.1 Å². The van der Waals surface area contributed by atoms with E-state index in [1.807, 2.05) is 63.4 Å². The first kappa shape index (κ1) is 26.2. The fourth-order valence-electron chi connectivity index (χ4n) is 5.43. The van der Waals surface area contributed by atoms with Gasteiger partial charge in [-0.15, -0.1) is 0 Å². The van der Waals surface area contributed by atoms with Crippen LogP contribution in [0.4, 0.5) is 11.4 Å². The number of pyridine rings is 1. The van der Waals surface area contributed by atoms with Gasteiger partial charge in [-0.3, -0.25) is 9.78 Å². The van der Waals surface area contributed by atoms with Gasteiger partial charge in [-0.05, 0) is 61.0 Å². The van der Waals surface area contributed by atoms with Gasteiger partial charge in [0, 0.05) is 41.8 Å². The Bertz CT molecular complexity index is 1290. The lowest BCUT2D eigenvalue weighted by atomic mass is 9.95. The zero-order valence-corrected chi connectivity index (χ0v) is 23.4. The molecule has 0 radical (unpaired) electrons. The molecule has 200 valence electrons. The molecule has 1 amide bonds. The van der Waals surface area contributed by atoms with Gasteiger partial charge in [0.05, 0.1) is 30.6 Å². The molecular weight excluding hydrogens is 494 g/mol. The summed E-state index contributed by atoms with van der Waals surface area (Å²) < 4.78 is 8.09. The van der Waals surface area contributed by atoms with Crippen LogP contribution in [0.3, 0.4) is 0 Å². The summed E-state index contributed by atoms with van der Waals surface area (Å²) in [6.07, 6.45) is 12.7. The minimum atomic E-state index is -0.517. The molecule has 0 spiro atoms. The summed E-state index contributed by atoms with van der Waals surface area (Å²) in [4.78, 5) is 19.5. The highest BCUT2D eigenvalue weighted by Gasteiger charge is 2.41. The normalized spacial score (nSPS) is 20.3. The van der Waals surface area contributed by atoms with Gasteiger partial charge in [0.1, 0.15) is 5.75 Å². The third-order valence-electron chi connectivity index (χ3n) is 7.57. The topological polar surface area (TPSA) is 71.4 Å². The van der Waals surface area contributed by atoms with Crippen LogP contribution in [0.1, 0.15) is 82.3 Å². The van der Waals surface area contributed by atoms with Crippen molar-refractivity contribution in [3.05, 3.63) is 72.3 Å². The van der Waals surface area contributed by atoms with Crippen molar-refractivity contribution >= 4 is 34.6 Å². The van der Waals surface area contributed by atoms with Crippen molar-refractivity contribution in [2.45, 2.75) is 71.0 Å². The monoisotopic (exact) mass is 531 g/mol. The van der Waals surface area contributed by atoms with E-state index in [2.05, 4.69) is 43.5 Å². The number of hydrogen-bond acceptors (Lipinski definition) is 4. The van der Waals surface area contributed by atoms with Crippen LogP contribution in [-0.2, 0) is 4.79 Å². The highest BCUT2D eigenvalue weighted by Crippen LogP contribution is 2.44. The van der Waals surface area contributed by atoms with Crippen molar-refractivity contribution in [1.82, 2.24) is 14.9 Å². The summed E-state index contributed by atoms with van der Waals surface area (Å²) >= 11 is 5.91. The number of hydrogen-bond donors (Lipinski definition) is 2. The maximum Gasteiger partial charge on any atom is 0.229 e. The summed E-state index contributed by atoms with van der Waals surface area (Å²) in [6.45, 7) is 5.66. The van der Waals surface area contributed by atoms with Crippen LogP contribution in [0.5, 0.6) is 5.75 Å². The predicted molar refractivity (Wildman–Crippen MR) is 156 cm³/mol. The Morgan fingerprint density at radius 3 is 2.61 bits per heavy atom. The number of benzene rings is 1. The fraction of sp³-hybridized carbons (Fsp3) is 0.433. The molecule has 2 atom stereocenters. The van der Waals surface area contributed by atoms with E-state index in [0.717, 1.165) is 11.4 Å². The lowest BCUT2D eigenvalue weighted by Crippen LogP contribution is -2.30. The maximum atomic E-state index is 12.6. The highest BCUT2D eigenvalue weighted by atomic mass is 32.1. The van der Waals surface area contributed by atoms with E-state index in [4.69, 9.17) is 17.0 Å². The van der Waals surface area contributed by atoms with E-state index in [1.165, 1.54) is 37.7 Å². The number of aromatic nitrogens is 2. The van der Waals surface area contributed by atoms with Gasteiger partial charge in [0.15, 0.2) is 5.11 Å². The Labute approximate surface area is 230 Å². The molecule has 1 saturated heterocycles. The number of anilines is 2. The van der Waals surface area contributed by atoms with Crippen molar-refractivity contribution in [1.29, 1.82) is 0 Å². The minimum absolute atomic E-state index is 0.0703. The molecule has 2 unspecified atom stereocenters.